The third-order valence-corrected chi connectivity index (χ3v) is 5.50. The molecule has 4 heteroatoms. The Morgan fingerprint density at radius 1 is 1.35 bits per heavy atom. The quantitative estimate of drug-likeness (QED) is 0.836. The number of nitrogens with zero attached hydrogens (tertiary/aromatic N) is 1. The molecule has 0 radical (unpaired) electrons. The van der Waals surface area contributed by atoms with Crippen molar-refractivity contribution in [2.45, 2.75) is 35.8 Å². The van der Waals surface area contributed by atoms with E-state index in [-0.39, 0.29) is 11.2 Å². The minimum absolute atomic E-state index is 0.00282. The standard InChI is InChI=1S/C13H14BrNOS/c14-11-5-3-6-12(8-11)17(16)13-7-2-1-4-10(13)9-15/h3,5-6,8,10,13H,1-2,4,7H2. The first-order valence-corrected chi connectivity index (χ1v) is 7.78. The van der Waals surface area contributed by atoms with Crippen LogP contribution in [0.5, 0.6) is 0 Å². The predicted molar refractivity (Wildman–Crippen MR) is 71.9 cm³/mol. The molecule has 0 spiro atoms. The highest BCUT2D eigenvalue weighted by Crippen LogP contribution is 2.31. The first-order valence-electron chi connectivity index (χ1n) is 5.78. The summed E-state index contributed by atoms with van der Waals surface area (Å²) < 4.78 is 13.4. The summed E-state index contributed by atoms with van der Waals surface area (Å²) in [5, 5.41) is 9.12. The summed E-state index contributed by atoms with van der Waals surface area (Å²) in [5.74, 6) is -0.0523. The van der Waals surface area contributed by atoms with Gasteiger partial charge in [0.1, 0.15) is 0 Å². The monoisotopic (exact) mass is 311 g/mol. The normalized spacial score (nSPS) is 26.1. The number of nitriles is 1. The molecular formula is C13H14BrNOS. The van der Waals surface area contributed by atoms with E-state index in [9.17, 15) is 4.21 Å². The van der Waals surface area contributed by atoms with E-state index in [0.29, 0.717) is 0 Å². The lowest BCUT2D eigenvalue weighted by atomic mass is 9.90. The Bertz CT molecular complexity index is 469. The van der Waals surface area contributed by atoms with Crippen molar-refractivity contribution in [1.82, 2.24) is 0 Å². The van der Waals surface area contributed by atoms with Gasteiger partial charge in [-0.1, -0.05) is 34.8 Å². The van der Waals surface area contributed by atoms with Gasteiger partial charge in [0.25, 0.3) is 0 Å². The lowest BCUT2D eigenvalue weighted by Crippen LogP contribution is -2.28. The number of halogens is 1. The second kappa shape index (κ2) is 5.79. The first-order chi connectivity index (χ1) is 8.22. The average Bonchev–Trinajstić information content (AvgIpc) is 2.38. The number of benzene rings is 1. The van der Waals surface area contributed by atoms with E-state index in [4.69, 9.17) is 5.26 Å². The van der Waals surface area contributed by atoms with E-state index in [1.165, 1.54) is 0 Å². The molecule has 3 unspecified atom stereocenters. The van der Waals surface area contributed by atoms with E-state index >= 15 is 0 Å². The second-order valence-corrected chi connectivity index (χ2v) is 6.90. The highest BCUT2D eigenvalue weighted by Gasteiger charge is 2.30. The van der Waals surface area contributed by atoms with Crippen LogP contribution in [0.4, 0.5) is 0 Å². The lowest BCUT2D eigenvalue weighted by molar-refractivity contribution is 0.431. The summed E-state index contributed by atoms with van der Waals surface area (Å²) in [6.45, 7) is 0. The molecule has 1 fully saturated rings. The van der Waals surface area contributed by atoms with Crippen LogP contribution < -0.4 is 0 Å². The minimum Gasteiger partial charge on any atom is -0.254 e. The van der Waals surface area contributed by atoms with Gasteiger partial charge in [0.05, 0.1) is 28.0 Å². The Kier molecular flexibility index (Phi) is 4.36. The van der Waals surface area contributed by atoms with Crippen LogP contribution in [0.15, 0.2) is 33.6 Å². The van der Waals surface area contributed by atoms with Crippen molar-refractivity contribution in [3.63, 3.8) is 0 Å². The van der Waals surface area contributed by atoms with Gasteiger partial charge in [0.15, 0.2) is 0 Å². The summed E-state index contributed by atoms with van der Waals surface area (Å²) in [4.78, 5) is 0.825. The Labute approximate surface area is 113 Å². The Morgan fingerprint density at radius 3 is 2.82 bits per heavy atom. The van der Waals surface area contributed by atoms with E-state index in [1.807, 2.05) is 24.3 Å². The summed E-state index contributed by atoms with van der Waals surface area (Å²) >= 11 is 3.39. The Morgan fingerprint density at radius 2 is 2.12 bits per heavy atom. The molecule has 2 rings (SSSR count). The van der Waals surface area contributed by atoms with E-state index in [0.717, 1.165) is 35.1 Å². The molecule has 90 valence electrons. The van der Waals surface area contributed by atoms with E-state index in [2.05, 4.69) is 22.0 Å². The minimum atomic E-state index is -1.06. The van der Waals surface area contributed by atoms with Crippen molar-refractivity contribution >= 4 is 26.7 Å². The highest BCUT2D eigenvalue weighted by atomic mass is 79.9. The zero-order chi connectivity index (χ0) is 12.3. The van der Waals surface area contributed by atoms with Gasteiger partial charge >= 0.3 is 0 Å². The van der Waals surface area contributed by atoms with Crippen LogP contribution in [0.1, 0.15) is 25.7 Å². The molecular weight excluding hydrogens is 298 g/mol. The van der Waals surface area contributed by atoms with Crippen molar-refractivity contribution in [3.05, 3.63) is 28.7 Å². The average molecular weight is 312 g/mol. The Hall–Kier alpha value is -0.660. The summed E-state index contributed by atoms with van der Waals surface area (Å²) in [5.41, 5.74) is 0. The van der Waals surface area contributed by atoms with E-state index < -0.39 is 10.8 Å². The van der Waals surface area contributed by atoms with Crippen molar-refractivity contribution in [3.8, 4) is 6.07 Å². The largest absolute Gasteiger partial charge is 0.254 e. The summed E-state index contributed by atoms with van der Waals surface area (Å²) in [7, 11) is -1.06. The molecule has 3 atom stereocenters. The zero-order valence-corrected chi connectivity index (χ0v) is 11.8. The fourth-order valence-corrected chi connectivity index (χ4v) is 4.50. The van der Waals surface area contributed by atoms with Crippen LogP contribution in [0.2, 0.25) is 0 Å². The molecule has 0 saturated heterocycles. The van der Waals surface area contributed by atoms with Crippen LogP contribution in [0, 0.1) is 17.2 Å². The third-order valence-electron chi connectivity index (χ3n) is 3.17. The van der Waals surface area contributed by atoms with E-state index in [1.54, 1.807) is 0 Å². The number of rotatable bonds is 2. The molecule has 0 aliphatic heterocycles. The fourth-order valence-electron chi connectivity index (χ4n) is 2.27. The number of hydrogen-bond acceptors (Lipinski definition) is 2. The van der Waals surface area contributed by atoms with Gasteiger partial charge in [0, 0.05) is 9.37 Å². The van der Waals surface area contributed by atoms with Crippen LogP contribution in [0.25, 0.3) is 0 Å². The van der Waals surface area contributed by atoms with Crippen LogP contribution in [-0.2, 0) is 10.8 Å². The molecule has 0 amide bonds. The topological polar surface area (TPSA) is 40.9 Å². The van der Waals surface area contributed by atoms with Gasteiger partial charge in [-0.2, -0.15) is 5.26 Å². The second-order valence-electron chi connectivity index (χ2n) is 4.31. The molecule has 1 saturated carbocycles. The SMILES string of the molecule is N#CC1CCCCC1S(=O)c1cccc(Br)c1. The molecule has 0 N–H and O–H groups in total. The van der Waals surface area contributed by atoms with Gasteiger partial charge in [-0.15, -0.1) is 0 Å². The fraction of sp³-hybridized carbons (Fsp3) is 0.462. The van der Waals surface area contributed by atoms with Crippen molar-refractivity contribution in [2.24, 2.45) is 5.92 Å². The van der Waals surface area contributed by atoms with Gasteiger partial charge in [-0.25, -0.2) is 0 Å². The molecule has 1 aliphatic rings. The predicted octanol–water partition coefficient (Wildman–Crippen LogP) is 3.64. The molecule has 0 bridgehead atoms. The van der Waals surface area contributed by atoms with Crippen LogP contribution in [0.3, 0.4) is 0 Å². The van der Waals surface area contributed by atoms with Crippen molar-refractivity contribution in [1.29, 1.82) is 5.26 Å². The third kappa shape index (κ3) is 2.97. The molecule has 1 aromatic rings. The molecule has 2 nitrogen and oxygen atoms in total. The summed E-state index contributed by atoms with van der Waals surface area (Å²) in [6, 6.07) is 9.89. The van der Waals surface area contributed by atoms with Crippen LogP contribution >= 0.6 is 15.9 Å². The molecule has 0 heterocycles. The number of hydrogen-bond donors (Lipinski definition) is 0. The maximum absolute atomic E-state index is 12.5. The molecule has 1 aliphatic carbocycles. The molecule has 1 aromatic carbocycles. The highest BCUT2D eigenvalue weighted by molar-refractivity contribution is 9.10. The van der Waals surface area contributed by atoms with Crippen molar-refractivity contribution < 1.29 is 4.21 Å². The lowest BCUT2D eigenvalue weighted by Gasteiger charge is -2.25. The first kappa shape index (κ1) is 12.8. The maximum atomic E-state index is 12.5. The smallest absolute Gasteiger partial charge is 0.0668 e. The van der Waals surface area contributed by atoms with Gasteiger partial charge in [0.2, 0.25) is 0 Å². The molecule has 17 heavy (non-hydrogen) atoms. The maximum Gasteiger partial charge on any atom is 0.0668 e. The zero-order valence-electron chi connectivity index (χ0n) is 9.43. The Balaban J connectivity index is 2.22. The van der Waals surface area contributed by atoms with Gasteiger partial charge < -0.3 is 0 Å². The van der Waals surface area contributed by atoms with Crippen LogP contribution in [-0.4, -0.2) is 9.46 Å². The van der Waals surface area contributed by atoms with Gasteiger partial charge in [-0.3, -0.25) is 4.21 Å². The van der Waals surface area contributed by atoms with Gasteiger partial charge in [-0.05, 0) is 31.0 Å². The summed E-state index contributed by atoms with van der Waals surface area (Å²) in [6.07, 6.45) is 3.96. The van der Waals surface area contributed by atoms with Crippen molar-refractivity contribution in [2.75, 3.05) is 0 Å². The molecule has 0 aromatic heterocycles.